The molecule has 126 valence electrons. The van der Waals surface area contributed by atoms with Crippen molar-refractivity contribution < 1.29 is 14.3 Å². The number of ether oxygens (including phenoxy) is 1. The smallest absolute Gasteiger partial charge is 0.264 e. The lowest BCUT2D eigenvalue weighted by Crippen LogP contribution is -2.35. The van der Waals surface area contributed by atoms with Crippen LogP contribution in [0.2, 0.25) is 0 Å². The summed E-state index contributed by atoms with van der Waals surface area (Å²) in [5.74, 6) is 1.19. The quantitative estimate of drug-likeness (QED) is 0.877. The van der Waals surface area contributed by atoms with Crippen LogP contribution in [0.15, 0.2) is 18.2 Å². The van der Waals surface area contributed by atoms with E-state index in [1.54, 1.807) is 30.1 Å². The van der Waals surface area contributed by atoms with Gasteiger partial charge in [-0.2, -0.15) is 0 Å². The maximum Gasteiger partial charge on any atom is 0.264 e. The molecule has 2 aliphatic rings. The topological polar surface area (TPSA) is 70.7 Å². The average molecular weight is 340 g/mol. The van der Waals surface area contributed by atoms with Crippen LogP contribution in [0.1, 0.15) is 19.3 Å². The standard InChI is InChI=1S/C16H21N3O3.ClH/c1-19-13-8-12(3-4-14(13)22-10-16(19)21)18-15(20)5-2-11-6-7-17-9-11;/h3-4,8,11,17H,2,5-7,9-10H2,1H3,(H,18,20);1H. The van der Waals surface area contributed by atoms with Crippen molar-refractivity contribution in [2.24, 2.45) is 5.92 Å². The molecular weight excluding hydrogens is 318 g/mol. The zero-order valence-corrected chi connectivity index (χ0v) is 13.9. The van der Waals surface area contributed by atoms with Crippen LogP contribution in [0, 0.1) is 5.92 Å². The monoisotopic (exact) mass is 339 g/mol. The Balaban J connectivity index is 0.00000192. The summed E-state index contributed by atoms with van der Waals surface area (Å²) in [6, 6.07) is 5.37. The summed E-state index contributed by atoms with van der Waals surface area (Å²) in [6.07, 6.45) is 2.58. The largest absolute Gasteiger partial charge is 0.482 e. The van der Waals surface area contributed by atoms with Crippen molar-refractivity contribution in [2.75, 3.05) is 37.0 Å². The number of anilines is 2. The Bertz CT molecular complexity index is 588. The second-order valence-electron chi connectivity index (χ2n) is 5.87. The molecule has 0 radical (unpaired) electrons. The van der Waals surface area contributed by atoms with E-state index in [2.05, 4.69) is 10.6 Å². The molecule has 1 fully saturated rings. The molecular formula is C16H22ClN3O3. The van der Waals surface area contributed by atoms with Crippen molar-refractivity contribution in [3.8, 4) is 5.75 Å². The lowest BCUT2D eigenvalue weighted by molar-refractivity contribution is -0.121. The number of nitrogens with one attached hydrogen (secondary N) is 2. The third kappa shape index (κ3) is 4.14. The summed E-state index contributed by atoms with van der Waals surface area (Å²) in [5, 5.41) is 6.20. The first kappa shape index (κ1) is 17.6. The van der Waals surface area contributed by atoms with E-state index in [4.69, 9.17) is 4.74 Å². The predicted octanol–water partition coefficient (Wildman–Crippen LogP) is 1.79. The Kier molecular flexibility index (Phi) is 5.85. The Morgan fingerprint density at radius 3 is 3.04 bits per heavy atom. The van der Waals surface area contributed by atoms with Crippen LogP contribution >= 0.6 is 12.4 Å². The normalized spacial score (nSPS) is 19.6. The molecule has 3 rings (SSSR count). The van der Waals surface area contributed by atoms with Gasteiger partial charge in [0.05, 0.1) is 5.69 Å². The number of carbonyl (C=O) groups is 2. The minimum atomic E-state index is -0.0929. The third-order valence-corrected chi connectivity index (χ3v) is 4.27. The molecule has 2 heterocycles. The molecule has 0 spiro atoms. The Labute approximate surface area is 142 Å². The van der Waals surface area contributed by atoms with Crippen molar-refractivity contribution in [3.63, 3.8) is 0 Å². The van der Waals surface area contributed by atoms with Gasteiger partial charge in [-0.25, -0.2) is 0 Å². The number of fused-ring (bicyclic) bond motifs is 1. The SMILES string of the molecule is CN1C(=O)COc2ccc(NC(=O)CCC3CCNC3)cc21.Cl. The molecule has 0 aliphatic carbocycles. The van der Waals surface area contributed by atoms with Gasteiger partial charge in [-0.1, -0.05) is 0 Å². The van der Waals surface area contributed by atoms with Gasteiger partial charge in [0, 0.05) is 19.2 Å². The lowest BCUT2D eigenvalue weighted by Gasteiger charge is -2.26. The molecule has 1 saturated heterocycles. The minimum absolute atomic E-state index is 0. The number of likely N-dealkylation sites (N-methyl/N-ethyl adjacent to an activating group) is 1. The number of amides is 2. The van der Waals surface area contributed by atoms with Gasteiger partial charge < -0.3 is 20.3 Å². The van der Waals surface area contributed by atoms with E-state index in [1.807, 2.05) is 0 Å². The molecule has 2 aliphatic heterocycles. The van der Waals surface area contributed by atoms with E-state index in [9.17, 15) is 9.59 Å². The van der Waals surface area contributed by atoms with E-state index < -0.39 is 0 Å². The molecule has 6 nitrogen and oxygen atoms in total. The van der Waals surface area contributed by atoms with Gasteiger partial charge in [-0.05, 0) is 50.0 Å². The second kappa shape index (κ2) is 7.66. The van der Waals surface area contributed by atoms with Crippen LogP contribution in [-0.4, -0.2) is 38.6 Å². The maximum atomic E-state index is 12.0. The third-order valence-electron chi connectivity index (χ3n) is 4.27. The number of hydrogen-bond acceptors (Lipinski definition) is 4. The summed E-state index contributed by atoms with van der Waals surface area (Å²) in [7, 11) is 1.71. The molecule has 7 heteroatoms. The van der Waals surface area contributed by atoms with Gasteiger partial charge in [-0.15, -0.1) is 12.4 Å². The van der Waals surface area contributed by atoms with Crippen LogP contribution in [0.4, 0.5) is 11.4 Å². The van der Waals surface area contributed by atoms with E-state index >= 15 is 0 Å². The van der Waals surface area contributed by atoms with Gasteiger partial charge in [0.1, 0.15) is 5.75 Å². The van der Waals surface area contributed by atoms with E-state index in [0.717, 1.165) is 25.9 Å². The van der Waals surface area contributed by atoms with Crippen LogP contribution < -0.4 is 20.3 Å². The molecule has 23 heavy (non-hydrogen) atoms. The van der Waals surface area contributed by atoms with Gasteiger partial charge >= 0.3 is 0 Å². The molecule has 1 aromatic rings. The Morgan fingerprint density at radius 1 is 1.48 bits per heavy atom. The first-order chi connectivity index (χ1) is 10.6. The van der Waals surface area contributed by atoms with Gasteiger partial charge in [0.25, 0.3) is 5.91 Å². The number of hydrogen-bond donors (Lipinski definition) is 2. The highest BCUT2D eigenvalue weighted by Gasteiger charge is 2.22. The fourth-order valence-electron chi connectivity index (χ4n) is 2.87. The van der Waals surface area contributed by atoms with E-state index in [-0.39, 0.29) is 30.8 Å². The van der Waals surface area contributed by atoms with Gasteiger partial charge in [0.15, 0.2) is 6.61 Å². The Hall–Kier alpha value is -1.79. The summed E-state index contributed by atoms with van der Waals surface area (Å²) in [6.45, 7) is 2.12. The molecule has 2 N–H and O–H groups in total. The molecule has 2 amide bonds. The van der Waals surface area contributed by atoms with Crippen LogP contribution in [0.3, 0.4) is 0 Å². The van der Waals surface area contributed by atoms with Gasteiger partial charge in [-0.3, -0.25) is 9.59 Å². The number of carbonyl (C=O) groups excluding carboxylic acids is 2. The summed E-state index contributed by atoms with van der Waals surface area (Å²) in [5.41, 5.74) is 1.38. The van der Waals surface area contributed by atoms with Crippen molar-refractivity contribution >= 4 is 35.6 Å². The van der Waals surface area contributed by atoms with Crippen molar-refractivity contribution in [2.45, 2.75) is 19.3 Å². The highest BCUT2D eigenvalue weighted by molar-refractivity contribution is 5.99. The number of benzene rings is 1. The molecule has 0 saturated carbocycles. The molecule has 0 bridgehead atoms. The molecule has 1 aromatic carbocycles. The lowest BCUT2D eigenvalue weighted by atomic mass is 10.0. The Morgan fingerprint density at radius 2 is 2.30 bits per heavy atom. The highest BCUT2D eigenvalue weighted by atomic mass is 35.5. The van der Waals surface area contributed by atoms with Crippen LogP contribution in [0.5, 0.6) is 5.75 Å². The van der Waals surface area contributed by atoms with Crippen molar-refractivity contribution in [3.05, 3.63) is 18.2 Å². The van der Waals surface area contributed by atoms with Crippen molar-refractivity contribution in [1.29, 1.82) is 0 Å². The fraction of sp³-hybridized carbons (Fsp3) is 0.500. The molecule has 0 aromatic heterocycles. The van der Waals surface area contributed by atoms with Crippen molar-refractivity contribution in [1.82, 2.24) is 5.32 Å². The first-order valence-electron chi connectivity index (χ1n) is 7.67. The minimum Gasteiger partial charge on any atom is -0.482 e. The first-order valence-corrected chi connectivity index (χ1v) is 7.67. The highest BCUT2D eigenvalue weighted by Crippen LogP contribution is 2.33. The van der Waals surface area contributed by atoms with E-state index in [1.165, 1.54) is 0 Å². The molecule has 1 unspecified atom stereocenters. The van der Waals surface area contributed by atoms with Gasteiger partial charge in [0.2, 0.25) is 5.91 Å². The maximum absolute atomic E-state index is 12.0. The average Bonchev–Trinajstić information content (AvgIpc) is 3.03. The summed E-state index contributed by atoms with van der Waals surface area (Å²) >= 11 is 0. The zero-order valence-electron chi connectivity index (χ0n) is 13.1. The predicted molar refractivity (Wildman–Crippen MR) is 91.4 cm³/mol. The second-order valence-corrected chi connectivity index (χ2v) is 5.87. The number of rotatable bonds is 4. The number of halogens is 1. The number of nitrogens with zero attached hydrogens (tertiary/aromatic N) is 1. The summed E-state index contributed by atoms with van der Waals surface area (Å²) < 4.78 is 5.37. The van der Waals surface area contributed by atoms with Crippen LogP contribution in [-0.2, 0) is 9.59 Å². The summed E-state index contributed by atoms with van der Waals surface area (Å²) in [4.78, 5) is 25.2. The zero-order chi connectivity index (χ0) is 15.5. The fourth-order valence-corrected chi connectivity index (χ4v) is 2.87. The van der Waals surface area contributed by atoms with E-state index in [0.29, 0.717) is 29.5 Å². The van der Waals surface area contributed by atoms with Crippen LogP contribution in [0.25, 0.3) is 0 Å². The molecule has 1 atom stereocenters.